The fraction of sp³-hybridized carbons (Fsp3) is 0.889. The van der Waals surface area contributed by atoms with Gasteiger partial charge in [-0.05, 0) is 18.8 Å². The largest absolute Gasteiger partial charge is 0.370 e. The van der Waals surface area contributed by atoms with Crippen molar-refractivity contribution in [2.75, 3.05) is 33.4 Å². The minimum atomic E-state index is 0.0559. The zero-order chi connectivity index (χ0) is 9.68. The van der Waals surface area contributed by atoms with E-state index in [0.717, 1.165) is 12.5 Å². The fourth-order valence-electron chi connectivity index (χ4n) is 1.14. The highest BCUT2D eigenvalue weighted by Crippen LogP contribution is 2.29. The van der Waals surface area contributed by atoms with Gasteiger partial charge in [0, 0.05) is 20.1 Å². The molecular formula is C9H18N2O2. The van der Waals surface area contributed by atoms with E-state index in [1.165, 1.54) is 12.8 Å². The predicted octanol–water partition coefficient (Wildman–Crippen LogP) is -0.170. The minimum Gasteiger partial charge on any atom is -0.370 e. The Hall–Kier alpha value is -0.610. The van der Waals surface area contributed by atoms with Crippen molar-refractivity contribution < 1.29 is 9.53 Å². The smallest absolute Gasteiger partial charge is 0.248 e. The Morgan fingerprint density at radius 2 is 2.31 bits per heavy atom. The maximum atomic E-state index is 11.3. The van der Waals surface area contributed by atoms with Gasteiger partial charge in [0.1, 0.15) is 6.61 Å². The molecule has 2 N–H and O–H groups in total. The van der Waals surface area contributed by atoms with Crippen LogP contribution in [0.4, 0.5) is 0 Å². The molecule has 4 heteroatoms. The lowest BCUT2D eigenvalue weighted by Crippen LogP contribution is -2.32. The Balaban J connectivity index is 2.05. The second-order valence-corrected chi connectivity index (χ2v) is 3.56. The normalized spacial score (nSPS) is 15.8. The predicted molar refractivity (Wildman–Crippen MR) is 50.2 cm³/mol. The fourth-order valence-corrected chi connectivity index (χ4v) is 1.14. The molecule has 4 nitrogen and oxygen atoms in total. The molecule has 0 aliphatic heterocycles. The first kappa shape index (κ1) is 10.5. The molecule has 1 rings (SSSR count). The van der Waals surface area contributed by atoms with E-state index in [-0.39, 0.29) is 12.5 Å². The molecule has 0 radical (unpaired) electrons. The SMILES string of the molecule is CN(CC1CC1)C(=O)COCCN. The quantitative estimate of drug-likeness (QED) is 0.586. The van der Waals surface area contributed by atoms with Gasteiger partial charge in [-0.1, -0.05) is 0 Å². The Bertz CT molecular complexity index is 169. The van der Waals surface area contributed by atoms with Gasteiger partial charge in [0.25, 0.3) is 0 Å². The third-order valence-corrected chi connectivity index (χ3v) is 2.14. The number of hydrogen-bond acceptors (Lipinski definition) is 3. The summed E-state index contributed by atoms with van der Waals surface area (Å²) in [5, 5.41) is 0. The van der Waals surface area contributed by atoms with Gasteiger partial charge in [0.2, 0.25) is 5.91 Å². The van der Waals surface area contributed by atoms with E-state index >= 15 is 0 Å². The van der Waals surface area contributed by atoms with Crippen molar-refractivity contribution in [3.05, 3.63) is 0 Å². The lowest BCUT2D eigenvalue weighted by atomic mass is 10.4. The molecule has 0 unspecified atom stereocenters. The van der Waals surface area contributed by atoms with E-state index in [9.17, 15) is 4.79 Å². The molecule has 0 aromatic heterocycles. The number of carbonyl (C=O) groups excluding carboxylic acids is 1. The molecule has 76 valence electrons. The van der Waals surface area contributed by atoms with Crippen LogP contribution in [0.5, 0.6) is 0 Å². The zero-order valence-electron chi connectivity index (χ0n) is 8.16. The molecule has 1 saturated carbocycles. The van der Waals surface area contributed by atoms with Gasteiger partial charge in [-0.25, -0.2) is 0 Å². The summed E-state index contributed by atoms with van der Waals surface area (Å²) in [5.41, 5.74) is 5.23. The van der Waals surface area contributed by atoms with Crippen LogP contribution in [0.15, 0.2) is 0 Å². The van der Waals surface area contributed by atoms with Crippen molar-refractivity contribution in [3.63, 3.8) is 0 Å². The summed E-state index contributed by atoms with van der Waals surface area (Å²) < 4.78 is 5.05. The summed E-state index contributed by atoms with van der Waals surface area (Å²) in [7, 11) is 1.83. The van der Waals surface area contributed by atoms with E-state index in [1.54, 1.807) is 4.90 Å². The lowest BCUT2D eigenvalue weighted by molar-refractivity contribution is -0.134. The summed E-state index contributed by atoms with van der Waals surface area (Å²) >= 11 is 0. The number of nitrogens with zero attached hydrogens (tertiary/aromatic N) is 1. The molecule has 0 heterocycles. The second kappa shape index (κ2) is 5.19. The van der Waals surface area contributed by atoms with Crippen molar-refractivity contribution >= 4 is 5.91 Å². The van der Waals surface area contributed by atoms with Crippen molar-refractivity contribution in [1.29, 1.82) is 0 Å². The maximum absolute atomic E-state index is 11.3. The van der Waals surface area contributed by atoms with Gasteiger partial charge in [-0.3, -0.25) is 4.79 Å². The van der Waals surface area contributed by atoms with Crippen molar-refractivity contribution in [1.82, 2.24) is 4.90 Å². The third kappa shape index (κ3) is 4.24. The number of likely N-dealkylation sites (N-methyl/N-ethyl adjacent to an activating group) is 1. The van der Waals surface area contributed by atoms with E-state index in [2.05, 4.69) is 0 Å². The number of nitrogens with two attached hydrogens (primary N) is 1. The molecule has 1 aliphatic rings. The molecule has 0 aromatic rings. The highest BCUT2D eigenvalue weighted by atomic mass is 16.5. The van der Waals surface area contributed by atoms with Crippen LogP contribution in [0.25, 0.3) is 0 Å². The van der Waals surface area contributed by atoms with Crippen LogP contribution in [-0.4, -0.2) is 44.2 Å². The van der Waals surface area contributed by atoms with Crippen molar-refractivity contribution in [2.45, 2.75) is 12.8 Å². The number of carbonyl (C=O) groups is 1. The monoisotopic (exact) mass is 186 g/mol. The molecule has 1 fully saturated rings. The van der Waals surface area contributed by atoms with Crippen LogP contribution >= 0.6 is 0 Å². The molecular weight excluding hydrogens is 168 g/mol. The third-order valence-electron chi connectivity index (χ3n) is 2.14. The van der Waals surface area contributed by atoms with E-state index in [4.69, 9.17) is 10.5 Å². The molecule has 0 aromatic carbocycles. The molecule has 0 atom stereocenters. The van der Waals surface area contributed by atoms with Crippen LogP contribution in [0.1, 0.15) is 12.8 Å². The first-order chi connectivity index (χ1) is 6.24. The summed E-state index contributed by atoms with van der Waals surface area (Å²) in [5.74, 6) is 0.795. The molecule has 0 bridgehead atoms. The highest BCUT2D eigenvalue weighted by Gasteiger charge is 2.24. The Morgan fingerprint density at radius 3 is 2.85 bits per heavy atom. The minimum absolute atomic E-state index is 0.0559. The first-order valence-electron chi connectivity index (χ1n) is 4.76. The van der Waals surface area contributed by atoms with Crippen LogP contribution < -0.4 is 5.73 Å². The van der Waals surface area contributed by atoms with E-state index in [1.807, 2.05) is 7.05 Å². The van der Waals surface area contributed by atoms with Crippen molar-refractivity contribution in [2.24, 2.45) is 11.7 Å². The van der Waals surface area contributed by atoms with Gasteiger partial charge >= 0.3 is 0 Å². The van der Waals surface area contributed by atoms with Gasteiger partial charge in [-0.15, -0.1) is 0 Å². The average Bonchev–Trinajstić information content (AvgIpc) is 2.88. The lowest BCUT2D eigenvalue weighted by Gasteiger charge is -2.16. The number of ether oxygens (including phenoxy) is 1. The summed E-state index contributed by atoms with van der Waals surface area (Å²) in [4.78, 5) is 13.1. The molecule has 1 amide bonds. The van der Waals surface area contributed by atoms with Gasteiger partial charge in [0.15, 0.2) is 0 Å². The van der Waals surface area contributed by atoms with E-state index in [0.29, 0.717) is 13.2 Å². The Morgan fingerprint density at radius 1 is 1.62 bits per heavy atom. The van der Waals surface area contributed by atoms with Gasteiger partial charge in [0.05, 0.1) is 6.61 Å². The first-order valence-corrected chi connectivity index (χ1v) is 4.76. The van der Waals surface area contributed by atoms with Crippen LogP contribution in [-0.2, 0) is 9.53 Å². The van der Waals surface area contributed by atoms with Gasteiger partial charge < -0.3 is 15.4 Å². The van der Waals surface area contributed by atoms with Crippen molar-refractivity contribution in [3.8, 4) is 0 Å². The molecule has 0 saturated heterocycles. The van der Waals surface area contributed by atoms with Crippen LogP contribution in [0.2, 0.25) is 0 Å². The topological polar surface area (TPSA) is 55.6 Å². The van der Waals surface area contributed by atoms with Crippen LogP contribution in [0, 0.1) is 5.92 Å². The van der Waals surface area contributed by atoms with Gasteiger partial charge in [-0.2, -0.15) is 0 Å². The average molecular weight is 186 g/mol. The summed E-state index contributed by atoms with van der Waals surface area (Å²) in [6, 6.07) is 0. The molecule has 13 heavy (non-hydrogen) atoms. The Kier molecular flexibility index (Phi) is 4.18. The molecule has 0 spiro atoms. The van der Waals surface area contributed by atoms with E-state index < -0.39 is 0 Å². The Labute approximate surface area is 79.0 Å². The standard InChI is InChI=1S/C9H18N2O2/c1-11(6-8-2-3-8)9(12)7-13-5-4-10/h8H,2-7,10H2,1H3. The molecule has 1 aliphatic carbocycles. The summed E-state index contributed by atoms with van der Waals surface area (Å²) in [6.07, 6.45) is 2.53. The zero-order valence-corrected chi connectivity index (χ0v) is 8.16. The second-order valence-electron chi connectivity index (χ2n) is 3.56. The summed E-state index contributed by atoms with van der Waals surface area (Å²) in [6.45, 7) is 1.98. The highest BCUT2D eigenvalue weighted by molar-refractivity contribution is 5.77. The number of rotatable bonds is 6. The van der Waals surface area contributed by atoms with Crippen LogP contribution in [0.3, 0.4) is 0 Å². The maximum Gasteiger partial charge on any atom is 0.248 e. The number of hydrogen-bond donors (Lipinski definition) is 1. The number of amides is 1.